The molecule has 29 heavy (non-hydrogen) atoms. The van der Waals surface area contributed by atoms with Gasteiger partial charge in [0.25, 0.3) is 0 Å². The van der Waals surface area contributed by atoms with Crippen molar-refractivity contribution in [2.45, 2.75) is 13.3 Å². The molecule has 0 aliphatic heterocycles. The Kier molecular flexibility index (Phi) is 5.74. The van der Waals surface area contributed by atoms with Gasteiger partial charge in [0.05, 0.1) is 19.3 Å². The summed E-state index contributed by atoms with van der Waals surface area (Å²) in [7, 11) is -0.530. The third-order valence-corrected chi connectivity index (χ3v) is 6.26. The predicted molar refractivity (Wildman–Crippen MR) is 123 cm³/mol. The maximum atomic E-state index is 5.91. The van der Waals surface area contributed by atoms with Crippen LogP contribution in [0.4, 0.5) is 0 Å². The molecule has 4 rings (SSSR count). The first-order valence-electron chi connectivity index (χ1n) is 9.74. The molecule has 0 amide bonds. The van der Waals surface area contributed by atoms with Crippen LogP contribution in [0.25, 0.3) is 22.2 Å². The van der Waals surface area contributed by atoms with Crippen LogP contribution in [-0.2, 0) is 18.0 Å². The van der Waals surface area contributed by atoms with Crippen molar-refractivity contribution in [3.05, 3.63) is 72.8 Å². The van der Waals surface area contributed by atoms with Gasteiger partial charge in [-0.2, -0.15) is 5.10 Å². The number of nitrogens with zero attached hydrogens (tertiary/aromatic N) is 4. The summed E-state index contributed by atoms with van der Waals surface area (Å²) in [5, 5.41) is 5.67. The molecule has 0 radical (unpaired) electrons. The summed E-state index contributed by atoms with van der Waals surface area (Å²) < 4.78 is 9.96. The van der Waals surface area contributed by atoms with Crippen molar-refractivity contribution in [1.29, 1.82) is 0 Å². The summed E-state index contributed by atoms with van der Waals surface area (Å²) >= 11 is 0. The molecular weight excluding hydrogens is 380 g/mol. The Labute approximate surface area is 173 Å². The number of hydrogen-bond donors (Lipinski definition) is 0. The number of rotatable bonds is 8. The molecule has 0 N–H and O–H groups in total. The van der Waals surface area contributed by atoms with Crippen molar-refractivity contribution in [3.8, 4) is 11.1 Å². The maximum absolute atomic E-state index is 5.91. The average molecular weight is 409 g/mol. The second-order valence-corrected chi connectivity index (χ2v) is 12.7. The van der Waals surface area contributed by atoms with Crippen LogP contribution in [0.5, 0.6) is 0 Å². The molecule has 6 heteroatoms. The van der Waals surface area contributed by atoms with Crippen LogP contribution in [0.3, 0.4) is 0 Å². The fourth-order valence-electron chi connectivity index (χ4n) is 3.28. The standard InChI is InChI=1S/C23H28N4OS/c1-29(2,3)14-13-28-18-26-12-10-22-21(9-11-24-23(22)26)20-15-25-27(17-20)16-19-7-5-4-6-8-19/h4-12,15,17H,13-14,16,18H2,1-3H3. The molecule has 0 spiro atoms. The van der Waals surface area contributed by atoms with Crippen LogP contribution < -0.4 is 0 Å². The van der Waals surface area contributed by atoms with Gasteiger partial charge < -0.3 is 9.30 Å². The number of aromatic nitrogens is 4. The number of benzene rings is 1. The van der Waals surface area contributed by atoms with Gasteiger partial charge in [-0.1, -0.05) is 30.3 Å². The van der Waals surface area contributed by atoms with Gasteiger partial charge in [-0.05, 0) is 42.0 Å². The van der Waals surface area contributed by atoms with Crippen LogP contribution in [-0.4, -0.2) is 50.5 Å². The summed E-state index contributed by atoms with van der Waals surface area (Å²) in [5.41, 5.74) is 4.43. The van der Waals surface area contributed by atoms with E-state index in [0.29, 0.717) is 6.73 Å². The lowest BCUT2D eigenvalue weighted by atomic mass is 10.1. The van der Waals surface area contributed by atoms with E-state index < -0.39 is 10.0 Å². The third-order valence-electron chi connectivity index (χ3n) is 4.86. The van der Waals surface area contributed by atoms with Crippen LogP contribution in [0, 0.1) is 0 Å². The quantitative estimate of drug-likeness (QED) is 0.400. The minimum Gasteiger partial charge on any atom is -0.360 e. The van der Waals surface area contributed by atoms with Crippen LogP contribution >= 0.6 is 10.0 Å². The highest BCUT2D eigenvalue weighted by atomic mass is 32.3. The van der Waals surface area contributed by atoms with E-state index in [-0.39, 0.29) is 0 Å². The first-order valence-corrected chi connectivity index (χ1v) is 12.8. The van der Waals surface area contributed by atoms with E-state index in [2.05, 4.69) is 82.2 Å². The number of hydrogen-bond acceptors (Lipinski definition) is 3. The topological polar surface area (TPSA) is 44.9 Å². The van der Waals surface area contributed by atoms with Crippen LogP contribution in [0.1, 0.15) is 5.56 Å². The molecule has 3 heterocycles. The largest absolute Gasteiger partial charge is 0.360 e. The Morgan fingerprint density at radius 2 is 1.86 bits per heavy atom. The Morgan fingerprint density at radius 3 is 2.66 bits per heavy atom. The number of fused-ring (bicyclic) bond motifs is 1. The summed E-state index contributed by atoms with van der Waals surface area (Å²) in [4.78, 5) is 4.59. The van der Waals surface area contributed by atoms with Gasteiger partial charge in [0.1, 0.15) is 12.4 Å². The number of pyridine rings is 1. The zero-order valence-corrected chi connectivity index (χ0v) is 18.1. The molecule has 3 aromatic heterocycles. The molecule has 0 aliphatic rings. The van der Waals surface area contributed by atoms with E-state index in [1.807, 2.05) is 23.1 Å². The summed E-state index contributed by atoms with van der Waals surface area (Å²) in [6.45, 7) is 2.08. The fourth-order valence-corrected chi connectivity index (χ4v) is 3.90. The van der Waals surface area contributed by atoms with Gasteiger partial charge in [0.15, 0.2) is 0 Å². The van der Waals surface area contributed by atoms with Crippen molar-refractivity contribution >= 4 is 21.1 Å². The summed E-state index contributed by atoms with van der Waals surface area (Å²) in [6.07, 6.45) is 14.9. The lowest BCUT2D eigenvalue weighted by molar-refractivity contribution is 0.0924. The molecule has 1 aromatic carbocycles. The van der Waals surface area contributed by atoms with Crippen molar-refractivity contribution in [1.82, 2.24) is 19.3 Å². The second kappa shape index (κ2) is 8.43. The van der Waals surface area contributed by atoms with Crippen LogP contribution in [0.15, 0.2) is 67.3 Å². The molecule has 0 aliphatic carbocycles. The molecule has 0 saturated carbocycles. The smallest absolute Gasteiger partial charge is 0.142 e. The average Bonchev–Trinajstić information content (AvgIpc) is 3.32. The predicted octanol–water partition coefficient (Wildman–Crippen LogP) is 4.62. The zero-order chi connectivity index (χ0) is 20.3. The van der Waals surface area contributed by atoms with Gasteiger partial charge in [0.2, 0.25) is 0 Å². The summed E-state index contributed by atoms with van der Waals surface area (Å²) in [5.74, 6) is 1.12. The van der Waals surface area contributed by atoms with E-state index in [9.17, 15) is 0 Å². The van der Waals surface area contributed by atoms with Crippen LogP contribution in [0.2, 0.25) is 0 Å². The van der Waals surface area contributed by atoms with Crippen molar-refractivity contribution in [3.63, 3.8) is 0 Å². The molecule has 5 nitrogen and oxygen atoms in total. The molecule has 0 bridgehead atoms. The highest BCUT2D eigenvalue weighted by Crippen LogP contribution is 2.33. The highest BCUT2D eigenvalue weighted by molar-refractivity contribution is 8.32. The first kappa shape index (κ1) is 19.7. The Bertz CT molecular complexity index is 1080. The van der Waals surface area contributed by atoms with Gasteiger partial charge in [-0.3, -0.25) is 4.68 Å². The SMILES string of the molecule is CS(C)(C)CCOCn1ccc2c(-c3cnn(Cc4ccccc4)c3)ccnc21. The normalized spacial score (nSPS) is 12.5. The van der Waals surface area contributed by atoms with E-state index in [1.54, 1.807) is 0 Å². The number of ether oxygens (including phenoxy) is 1. The fraction of sp³-hybridized carbons (Fsp3) is 0.304. The van der Waals surface area contributed by atoms with Gasteiger partial charge in [-0.25, -0.2) is 15.0 Å². The van der Waals surface area contributed by atoms with E-state index >= 15 is 0 Å². The van der Waals surface area contributed by atoms with E-state index in [4.69, 9.17) is 4.74 Å². The van der Waals surface area contributed by atoms with E-state index in [0.717, 1.165) is 41.1 Å². The van der Waals surface area contributed by atoms with Gasteiger partial charge >= 0.3 is 0 Å². The van der Waals surface area contributed by atoms with Gasteiger partial charge in [0, 0.05) is 35.3 Å². The molecule has 0 saturated heterocycles. The lowest BCUT2D eigenvalue weighted by Crippen LogP contribution is -2.09. The molecular formula is C23H28N4OS. The lowest BCUT2D eigenvalue weighted by Gasteiger charge is -2.24. The Hall–Kier alpha value is -2.57. The summed E-state index contributed by atoms with van der Waals surface area (Å²) in [6, 6.07) is 14.6. The van der Waals surface area contributed by atoms with Crippen molar-refractivity contribution in [2.75, 3.05) is 31.1 Å². The first-order chi connectivity index (χ1) is 14.0. The zero-order valence-electron chi connectivity index (χ0n) is 17.3. The molecule has 0 unspecified atom stereocenters. The minimum absolute atomic E-state index is 0.530. The molecule has 4 aromatic rings. The molecule has 0 fully saturated rings. The molecule has 0 atom stereocenters. The van der Waals surface area contributed by atoms with Crippen molar-refractivity contribution in [2.24, 2.45) is 0 Å². The highest BCUT2D eigenvalue weighted by Gasteiger charge is 2.11. The minimum atomic E-state index is -0.530. The monoisotopic (exact) mass is 408 g/mol. The van der Waals surface area contributed by atoms with Crippen molar-refractivity contribution < 1.29 is 4.74 Å². The Morgan fingerprint density at radius 1 is 1.03 bits per heavy atom. The maximum Gasteiger partial charge on any atom is 0.142 e. The van der Waals surface area contributed by atoms with E-state index in [1.165, 1.54) is 5.56 Å². The second-order valence-electron chi connectivity index (χ2n) is 8.13. The molecule has 152 valence electrons. The Balaban J connectivity index is 1.51. The third kappa shape index (κ3) is 4.89. The van der Waals surface area contributed by atoms with Gasteiger partial charge in [-0.15, -0.1) is 0 Å².